The molecular formula is C23H29ClN2O2. The van der Waals surface area contributed by atoms with Gasteiger partial charge in [-0.25, -0.2) is 0 Å². The summed E-state index contributed by atoms with van der Waals surface area (Å²) in [6.45, 7) is 4.78. The summed E-state index contributed by atoms with van der Waals surface area (Å²) in [5.41, 5.74) is 2.50. The number of carbonyl (C=O) groups excluding carboxylic acids is 1. The number of aryl methyl sites for hydroxylation is 1. The SMILES string of the molecule is Cc1ccc([C@@H](CNC(=O)COc2ccccc2Cl)N2CCCCCC2)cc1. The molecule has 1 N–H and O–H groups in total. The summed E-state index contributed by atoms with van der Waals surface area (Å²) in [5.74, 6) is 0.397. The molecule has 150 valence electrons. The molecule has 0 aliphatic carbocycles. The molecule has 0 aromatic heterocycles. The van der Waals surface area contributed by atoms with Crippen molar-refractivity contribution >= 4 is 17.5 Å². The first-order valence-electron chi connectivity index (χ1n) is 10.1. The molecule has 1 heterocycles. The molecule has 0 unspecified atom stereocenters. The monoisotopic (exact) mass is 400 g/mol. The van der Waals surface area contributed by atoms with Crippen LogP contribution in [0, 0.1) is 6.92 Å². The number of nitrogens with one attached hydrogen (secondary N) is 1. The van der Waals surface area contributed by atoms with Gasteiger partial charge in [0.1, 0.15) is 5.75 Å². The lowest BCUT2D eigenvalue weighted by Crippen LogP contribution is -2.40. The van der Waals surface area contributed by atoms with Gasteiger partial charge < -0.3 is 10.1 Å². The van der Waals surface area contributed by atoms with E-state index >= 15 is 0 Å². The lowest BCUT2D eigenvalue weighted by Gasteiger charge is -2.31. The number of rotatable bonds is 7. The zero-order valence-corrected chi connectivity index (χ0v) is 17.3. The minimum absolute atomic E-state index is 0.0374. The average molecular weight is 401 g/mol. The van der Waals surface area contributed by atoms with Crippen LogP contribution < -0.4 is 10.1 Å². The van der Waals surface area contributed by atoms with Crippen LogP contribution in [0.3, 0.4) is 0 Å². The highest BCUT2D eigenvalue weighted by atomic mass is 35.5. The first kappa shape index (κ1) is 20.7. The lowest BCUT2D eigenvalue weighted by molar-refractivity contribution is -0.123. The Morgan fingerprint density at radius 1 is 1.07 bits per heavy atom. The second kappa shape index (κ2) is 10.5. The van der Waals surface area contributed by atoms with Gasteiger partial charge in [0, 0.05) is 6.54 Å². The summed E-state index contributed by atoms with van der Waals surface area (Å²) >= 11 is 6.08. The topological polar surface area (TPSA) is 41.6 Å². The Labute approximate surface area is 172 Å². The fraction of sp³-hybridized carbons (Fsp3) is 0.435. The van der Waals surface area contributed by atoms with E-state index in [9.17, 15) is 4.79 Å². The van der Waals surface area contributed by atoms with Crippen molar-refractivity contribution in [3.05, 3.63) is 64.7 Å². The van der Waals surface area contributed by atoms with Crippen molar-refractivity contribution in [2.24, 2.45) is 0 Å². The van der Waals surface area contributed by atoms with E-state index in [1.807, 2.05) is 12.1 Å². The molecule has 1 amide bonds. The third-order valence-electron chi connectivity index (χ3n) is 5.23. The second-order valence-corrected chi connectivity index (χ2v) is 7.81. The summed E-state index contributed by atoms with van der Waals surface area (Å²) in [4.78, 5) is 14.9. The third-order valence-corrected chi connectivity index (χ3v) is 5.54. The molecule has 2 aromatic rings. The predicted molar refractivity (Wildman–Crippen MR) is 114 cm³/mol. The van der Waals surface area contributed by atoms with Crippen molar-refractivity contribution in [1.82, 2.24) is 10.2 Å². The molecule has 3 rings (SSSR count). The van der Waals surface area contributed by atoms with Crippen LogP contribution >= 0.6 is 11.6 Å². The Morgan fingerprint density at radius 2 is 1.75 bits per heavy atom. The van der Waals surface area contributed by atoms with Crippen molar-refractivity contribution < 1.29 is 9.53 Å². The van der Waals surface area contributed by atoms with Crippen molar-refractivity contribution in [3.8, 4) is 5.75 Å². The van der Waals surface area contributed by atoms with Gasteiger partial charge in [0.2, 0.25) is 0 Å². The molecule has 0 bridgehead atoms. The van der Waals surface area contributed by atoms with Crippen LogP contribution in [0.25, 0.3) is 0 Å². The van der Waals surface area contributed by atoms with E-state index < -0.39 is 0 Å². The standard InChI is InChI=1S/C23H29ClN2O2/c1-18-10-12-19(13-11-18)21(26-14-6-2-3-7-15-26)16-25-23(27)17-28-22-9-5-4-8-20(22)24/h4-5,8-13,21H,2-3,6-7,14-17H2,1H3,(H,25,27)/t21-/m1/s1. The van der Waals surface area contributed by atoms with E-state index in [1.165, 1.54) is 36.8 Å². The minimum atomic E-state index is -0.133. The van der Waals surface area contributed by atoms with Gasteiger partial charge in [0.05, 0.1) is 11.1 Å². The van der Waals surface area contributed by atoms with Crippen LogP contribution in [-0.4, -0.2) is 37.0 Å². The van der Waals surface area contributed by atoms with Gasteiger partial charge in [-0.2, -0.15) is 0 Å². The molecule has 0 spiro atoms. The van der Waals surface area contributed by atoms with E-state index in [0.717, 1.165) is 13.1 Å². The van der Waals surface area contributed by atoms with Gasteiger partial charge in [0.25, 0.3) is 5.91 Å². The van der Waals surface area contributed by atoms with Gasteiger partial charge in [-0.1, -0.05) is 66.4 Å². The number of likely N-dealkylation sites (tertiary alicyclic amines) is 1. The first-order chi connectivity index (χ1) is 13.6. The molecule has 1 saturated heterocycles. The summed E-state index contributed by atoms with van der Waals surface area (Å²) in [6.07, 6.45) is 5.00. The van der Waals surface area contributed by atoms with Gasteiger partial charge >= 0.3 is 0 Å². The molecule has 5 heteroatoms. The Bertz CT molecular complexity index is 755. The number of halogens is 1. The normalized spacial score (nSPS) is 16.2. The highest BCUT2D eigenvalue weighted by Gasteiger charge is 2.22. The maximum atomic E-state index is 12.4. The van der Waals surface area contributed by atoms with Crippen molar-refractivity contribution in [2.75, 3.05) is 26.2 Å². The molecule has 0 radical (unpaired) electrons. The van der Waals surface area contributed by atoms with Crippen LogP contribution in [-0.2, 0) is 4.79 Å². The summed E-state index contributed by atoms with van der Waals surface area (Å²) in [6, 6.07) is 16.0. The van der Waals surface area contributed by atoms with Crippen LogP contribution in [0.4, 0.5) is 0 Å². The maximum Gasteiger partial charge on any atom is 0.258 e. The van der Waals surface area contributed by atoms with Crippen molar-refractivity contribution in [1.29, 1.82) is 0 Å². The molecule has 1 aliphatic rings. The molecular weight excluding hydrogens is 372 g/mol. The Kier molecular flexibility index (Phi) is 7.75. The molecule has 0 saturated carbocycles. The van der Waals surface area contributed by atoms with Crippen LogP contribution in [0.1, 0.15) is 42.9 Å². The van der Waals surface area contributed by atoms with E-state index in [4.69, 9.17) is 16.3 Å². The van der Waals surface area contributed by atoms with E-state index in [2.05, 4.69) is 41.4 Å². The molecule has 2 aromatic carbocycles. The zero-order chi connectivity index (χ0) is 19.8. The van der Waals surface area contributed by atoms with E-state index in [-0.39, 0.29) is 18.6 Å². The Hall–Kier alpha value is -2.04. The van der Waals surface area contributed by atoms with Crippen molar-refractivity contribution in [2.45, 2.75) is 38.6 Å². The summed E-state index contributed by atoms with van der Waals surface area (Å²) in [5, 5.41) is 3.57. The van der Waals surface area contributed by atoms with Gasteiger partial charge in [-0.05, 0) is 50.6 Å². The highest BCUT2D eigenvalue weighted by Crippen LogP contribution is 2.25. The fourth-order valence-electron chi connectivity index (χ4n) is 3.62. The van der Waals surface area contributed by atoms with Crippen LogP contribution in [0.5, 0.6) is 5.75 Å². The van der Waals surface area contributed by atoms with Crippen LogP contribution in [0.15, 0.2) is 48.5 Å². The van der Waals surface area contributed by atoms with Gasteiger partial charge in [-0.15, -0.1) is 0 Å². The second-order valence-electron chi connectivity index (χ2n) is 7.40. The largest absolute Gasteiger partial charge is 0.482 e. The molecule has 1 aliphatic heterocycles. The molecule has 4 nitrogen and oxygen atoms in total. The number of benzene rings is 2. The quantitative estimate of drug-likeness (QED) is 0.728. The number of carbonyl (C=O) groups is 1. The number of hydrogen-bond acceptors (Lipinski definition) is 3. The molecule has 1 fully saturated rings. The van der Waals surface area contributed by atoms with Gasteiger partial charge in [0.15, 0.2) is 6.61 Å². The number of amides is 1. The minimum Gasteiger partial charge on any atom is -0.482 e. The Morgan fingerprint density at radius 3 is 2.43 bits per heavy atom. The smallest absolute Gasteiger partial charge is 0.258 e. The van der Waals surface area contributed by atoms with E-state index in [1.54, 1.807) is 12.1 Å². The third kappa shape index (κ3) is 5.98. The van der Waals surface area contributed by atoms with Crippen LogP contribution in [0.2, 0.25) is 5.02 Å². The number of nitrogens with zero attached hydrogens (tertiary/aromatic N) is 1. The first-order valence-corrected chi connectivity index (χ1v) is 10.5. The highest BCUT2D eigenvalue weighted by molar-refractivity contribution is 6.32. The fourth-order valence-corrected chi connectivity index (χ4v) is 3.81. The number of ether oxygens (including phenoxy) is 1. The average Bonchev–Trinajstić information content (AvgIpc) is 2.98. The number of para-hydroxylation sites is 1. The van der Waals surface area contributed by atoms with Crippen molar-refractivity contribution in [3.63, 3.8) is 0 Å². The predicted octanol–water partition coefficient (Wildman–Crippen LogP) is 4.76. The Balaban J connectivity index is 1.61. The zero-order valence-electron chi connectivity index (χ0n) is 16.5. The number of hydrogen-bond donors (Lipinski definition) is 1. The summed E-state index contributed by atoms with van der Waals surface area (Å²) < 4.78 is 5.56. The lowest BCUT2D eigenvalue weighted by atomic mass is 10.0. The molecule has 1 atom stereocenters. The van der Waals surface area contributed by atoms with Gasteiger partial charge in [-0.3, -0.25) is 9.69 Å². The summed E-state index contributed by atoms with van der Waals surface area (Å²) in [7, 11) is 0. The molecule has 28 heavy (non-hydrogen) atoms. The maximum absolute atomic E-state index is 12.4. The van der Waals surface area contributed by atoms with E-state index in [0.29, 0.717) is 17.3 Å².